The molecule has 21 heavy (non-hydrogen) atoms. The van der Waals surface area contributed by atoms with E-state index in [0.717, 1.165) is 16.4 Å². The van der Waals surface area contributed by atoms with Crippen LogP contribution in [0.15, 0.2) is 23.1 Å². The van der Waals surface area contributed by atoms with Gasteiger partial charge in [0.15, 0.2) is 0 Å². The van der Waals surface area contributed by atoms with E-state index in [1.165, 1.54) is 7.11 Å². The number of aliphatic hydroxyl groups is 1. The smallest absolute Gasteiger partial charge is 0.337 e. The van der Waals surface area contributed by atoms with Gasteiger partial charge in [0.2, 0.25) is 10.0 Å². The van der Waals surface area contributed by atoms with E-state index < -0.39 is 38.9 Å². The van der Waals surface area contributed by atoms with Gasteiger partial charge in [-0.25, -0.2) is 17.6 Å². The highest BCUT2D eigenvalue weighted by atomic mass is 32.2. The second-order valence-corrected chi connectivity index (χ2v) is 5.97. The Hall–Kier alpha value is -1.55. The summed E-state index contributed by atoms with van der Waals surface area (Å²) in [5.74, 6) is -2.35. The first-order valence-corrected chi connectivity index (χ1v) is 7.41. The molecule has 0 aliphatic heterocycles. The molecular formula is C12H16FNO6S. The number of aliphatic hydroxyl groups excluding tert-OH is 1. The van der Waals surface area contributed by atoms with E-state index in [2.05, 4.69) is 0 Å². The van der Waals surface area contributed by atoms with Crippen molar-refractivity contribution in [2.45, 2.75) is 4.90 Å². The molecule has 0 saturated carbocycles. The lowest BCUT2D eigenvalue weighted by atomic mass is 10.2. The van der Waals surface area contributed by atoms with Crippen LogP contribution in [0.25, 0.3) is 0 Å². The molecule has 0 aromatic heterocycles. The van der Waals surface area contributed by atoms with Gasteiger partial charge in [-0.3, -0.25) is 0 Å². The van der Waals surface area contributed by atoms with Crippen molar-refractivity contribution in [2.75, 3.05) is 33.4 Å². The highest BCUT2D eigenvalue weighted by Gasteiger charge is 2.29. The number of rotatable bonds is 8. The molecule has 0 amide bonds. The van der Waals surface area contributed by atoms with Crippen molar-refractivity contribution in [3.63, 3.8) is 0 Å². The first-order chi connectivity index (χ1) is 9.84. The molecule has 0 radical (unpaired) electrons. The molecule has 118 valence electrons. The lowest BCUT2D eigenvalue weighted by Gasteiger charge is -2.21. The fourth-order valence-corrected chi connectivity index (χ4v) is 3.29. The van der Waals surface area contributed by atoms with Crippen molar-refractivity contribution >= 4 is 16.0 Å². The standard InChI is InChI=1S/C12H16FNO6S/c1-20-7-5-14(4-6-15)21(18,19)11-8-9(13)2-3-10(11)12(16)17/h2-3,8,15H,4-7H2,1H3,(H,16,17). The van der Waals surface area contributed by atoms with Crippen molar-refractivity contribution < 1.29 is 32.6 Å². The topological polar surface area (TPSA) is 104 Å². The van der Waals surface area contributed by atoms with Gasteiger partial charge < -0.3 is 14.9 Å². The normalized spacial score (nSPS) is 11.8. The SMILES string of the molecule is COCCN(CCO)S(=O)(=O)c1cc(F)ccc1C(=O)O. The van der Waals surface area contributed by atoms with Crippen molar-refractivity contribution in [1.82, 2.24) is 4.31 Å². The Bertz CT molecular complexity index is 604. The van der Waals surface area contributed by atoms with Crippen molar-refractivity contribution in [3.05, 3.63) is 29.6 Å². The number of ether oxygens (including phenoxy) is 1. The van der Waals surface area contributed by atoms with E-state index >= 15 is 0 Å². The van der Waals surface area contributed by atoms with Crippen molar-refractivity contribution in [3.8, 4) is 0 Å². The highest BCUT2D eigenvalue weighted by Crippen LogP contribution is 2.21. The van der Waals surface area contributed by atoms with Gasteiger partial charge in [-0.05, 0) is 18.2 Å². The van der Waals surface area contributed by atoms with E-state index in [-0.39, 0.29) is 19.7 Å². The Balaban J connectivity index is 3.32. The van der Waals surface area contributed by atoms with Crippen LogP contribution >= 0.6 is 0 Å². The van der Waals surface area contributed by atoms with Gasteiger partial charge in [-0.15, -0.1) is 0 Å². The molecule has 1 rings (SSSR count). The molecule has 0 heterocycles. The van der Waals surface area contributed by atoms with Crippen molar-refractivity contribution in [2.24, 2.45) is 0 Å². The summed E-state index contributed by atoms with van der Waals surface area (Å²) >= 11 is 0. The van der Waals surface area contributed by atoms with Gasteiger partial charge in [0.25, 0.3) is 0 Å². The summed E-state index contributed by atoms with van der Waals surface area (Å²) in [5, 5.41) is 18.0. The minimum atomic E-state index is -4.26. The Kier molecular flexibility index (Phi) is 6.21. The number of benzene rings is 1. The van der Waals surface area contributed by atoms with E-state index in [1.807, 2.05) is 0 Å². The van der Waals surface area contributed by atoms with Crippen LogP contribution in [0.3, 0.4) is 0 Å². The van der Waals surface area contributed by atoms with Gasteiger partial charge in [0.05, 0.1) is 23.7 Å². The Morgan fingerprint density at radius 2 is 2.05 bits per heavy atom. The largest absolute Gasteiger partial charge is 0.478 e. The number of methoxy groups -OCH3 is 1. The molecule has 0 aliphatic carbocycles. The number of aromatic carboxylic acids is 1. The summed E-state index contributed by atoms with van der Waals surface area (Å²) in [6, 6.07) is 2.40. The van der Waals surface area contributed by atoms with E-state index in [9.17, 15) is 17.6 Å². The molecule has 7 nitrogen and oxygen atoms in total. The molecule has 2 N–H and O–H groups in total. The Morgan fingerprint density at radius 3 is 2.57 bits per heavy atom. The van der Waals surface area contributed by atoms with E-state index in [0.29, 0.717) is 6.07 Å². The zero-order chi connectivity index (χ0) is 16.0. The average molecular weight is 321 g/mol. The summed E-state index contributed by atoms with van der Waals surface area (Å²) in [6.45, 7) is -0.742. The summed E-state index contributed by atoms with van der Waals surface area (Å²) in [6.07, 6.45) is 0. The second kappa shape index (κ2) is 7.46. The van der Waals surface area contributed by atoms with Crippen LogP contribution in [-0.2, 0) is 14.8 Å². The first kappa shape index (κ1) is 17.5. The Morgan fingerprint density at radius 1 is 1.38 bits per heavy atom. The summed E-state index contributed by atoms with van der Waals surface area (Å²) in [7, 11) is -2.89. The van der Waals surface area contributed by atoms with Crippen LogP contribution < -0.4 is 0 Å². The second-order valence-electron chi connectivity index (χ2n) is 4.07. The first-order valence-electron chi connectivity index (χ1n) is 5.97. The molecule has 1 aromatic rings. The molecule has 0 spiro atoms. The minimum absolute atomic E-state index is 0.0525. The molecule has 0 aliphatic rings. The zero-order valence-corrected chi connectivity index (χ0v) is 12.1. The molecular weight excluding hydrogens is 305 g/mol. The maximum absolute atomic E-state index is 13.3. The maximum Gasteiger partial charge on any atom is 0.337 e. The molecule has 0 atom stereocenters. The number of halogens is 1. The van der Waals surface area contributed by atoms with Crippen LogP contribution in [0, 0.1) is 5.82 Å². The van der Waals surface area contributed by atoms with Crippen LogP contribution in [0.1, 0.15) is 10.4 Å². The lowest BCUT2D eigenvalue weighted by Crippen LogP contribution is -2.37. The molecule has 0 fully saturated rings. The van der Waals surface area contributed by atoms with Gasteiger partial charge in [-0.1, -0.05) is 0 Å². The number of carbonyl (C=O) groups is 1. The highest BCUT2D eigenvalue weighted by molar-refractivity contribution is 7.89. The average Bonchev–Trinajstić information content (AvgIpc) is 2.42. The van der Waals surface area contributed by atoms with Crippen LogP contribution in [-0.4, -0.2) is 62.3 Å². The molecule has 0 bridgehead atoms. The van der Waals surface area contributed by atoms with Gasteiger partial charge in [0.1, 0.15) is 5.82 Å². The summed E-state index contributed by atoms with van der Waals surface area (Å²) in [5.41, 5.74) is -0.531. The third kappa shape index (κ3) is 4.21. The quantitative estimate of drug-likeness (QED) is 0.706. The predicted molar refractivity (Wildman–Crippen MR) is 71.1 cm³/mol. The third-order valence-electron chi connectivity index (χ3n) is 2.69. The van der Waals surface area contributed by atoms with Crippen molar-refractivity contribution in [1.29, 1.82) is 0 Å². The lowest BCUT2D eigenvalue weighted by molar-refractivity contribution is 0.0692. The number of carboxylic acids is 1. The van der Waals surface area contributed by atoms with Crippen LogP contribution in [0.5, 0.6) is 0 Å². The number of carboxylic acid groups (broad SMARTS) is 1. The number of sulfonamides is 1. The van der Waals surface area contributed by atoms with Crippen LogP contribution in [0.2, 0.25) is 0 Å². The van der Waals surface area contributed by atoms with E-state index in [1.54, 1.807) is 0 Å². The predicted octanol–water partition coefficient (Wildman–Crippen LogP) is 0.153. The third-order valence-corrected chi connectivity index (χ3v) is 4.62. The molecule has 1 aromatic carbocycles. The maximum atomic E-state index is 13.3. The van der Waals surface area contributed by atoms with E-state index in [4.69, 9.17) is 14.9 Å². The summed E-state index contributed by atoms with van der Waals surface area (Å²) in [4.78, 5) is 10.4. The van der Waals surface area contributed by atoms with Crippen LogP contribution in [0.4, 0.5) is 4.39 Å². The molecule has 9 heteroatoms. The minimum Gasteiger partial charge on any atom is -0.478 e. The monoisotopic (exact) mass is 321 g/mol. The fourth-order valence-electron chi connectivity index (χ4n) is 1.68. The Labute approximate surface area is 121 Å². The number of hydrogen-bond acceptors (Lipinski definition) is 5. The number of nitrogens with zero attached hydrogens (tertiary/aromatic N) is 1. The summed E-state index contributed by atoms with van der Waals surface area (Å²) < 4.78 is 43.8. The fraction of sp³-hybridized carbons (Fsp3) is 0.417. The molecule has 0 saturated heterocycles. The van der Waals surface area contributed by atoms with Gasteiger partial charge in [0, 0.05) is 20.2 Å². The number of hydrogen-bond donors (Lipinski definition) is 2. The zero-order valence-electron chi connectivity index (χ0n) is 11.3. The van der Waals surface area contributed by atoms with Gasteiger partial charge >= 0.3 is 5.97 Å². The molecule has 0 unspecified atom stereocenters. The van der Waals surface area contributed by atoms with Gasteiger partial charge in [-0.2, -0.15) is 4.31 Å².